The van der Waals surface area contributed by atoms with Gasteiger partial charge in [-0.15, -0.1) is 0 Å². The molecule has 2 N–H and O–H groups in total. The Morgan fingerprint density at radius 1 is 1.14 bits per heavy atom. The van der Waals surface area contributed by atoms with Crippen LogP contribution in [-0.2, 0) is 26.0 Å². The molecular formula is C24H19Cl2FN2O5S. The van der Waals surface area contributed by atoms with Crippen molar-refractivity contribution in [2.75, 3.05) is 18.2 Å². The van der Waals surface area contributed by atoms with Crippen molar-refractivity contribution in [2.45, 2.75) is 11.4 Å². The highest BCUT2D eigenvalue weighted by Gasteiger charge is 2.43. The molecule has 0 aliphatic heterocycles. The number of benzene rings is 3. The minimum atomic E-state index is -4.11. The van der Waals surface area contributed by atoms with E-state index in [9.17, 15) is 22.7 Å². The Balaban J connectivity index is 2.00. The van der Waals surface area contributed by atoms with E-state index in [0.717, 1.165) is 6.07 Å². The highest BCUT2D eigenvalue weighted by atomic mass is 35.5. The lowest BCUT2D eigenvalue weighted by atomic mass is 9.94. The smallest absolute Gasteiger partial charge is 0.262 e. The van der Waals surface area contributed by atoms with Gasteiger partial charge >= 0.3 is 0 Å². The minimum Gasteiger partial charge on any atom is -0.494 e. The number of ether oxygens (including phenoxy) is 1. The van der Waals surface area contributed by atoms with Gasteiger partial charge in [0, 0.05) is 10.7 Å². The maximum atomic E-state index is 14.4. The van der Waals surface area contributed by atoms with E-state index in [1.165, 1.54) is 61.7 Å². The molecule has 3 rings (SSSR count). The van der Waals surface area contributed by atoms with Crippen molar-refractivity contribution in [2.24, 2.45) is 0 Å². The van der Waals surface area contributed by atoms with Gasteiger partial charge in [-0.05, 0) is 53.6 Å². The normalized spacial score (nSPS) is 12.9. The maximum absolute atomic E-state index is 14.4. The largest absolute Gasteiger partial charge is 0.494 e. The number of anilines is 1. The van der Waals surface area contributed by atoms with Gasteiger partial charge in [0.2, 0.25) is 0 Å². The molecule has 1 amide bonds. The van der Waals surface area contributed by atoms with Crippen LogP contribution in [0.15, 0.2) is 60.7 Å². The molecule has 182 valence electrons. The molecule has 0 aliphatic rings. The fraction of sp³-hybridized carbons (Fsp3) is 0.167. The van der Waals surface area contributed by atoms with Crippen LogP contribution in [0.4, 0.5) is 10.1 Å². The second-order valence-corrected chi connectivity index (χ2v) is 10.5. The van der Waals surface area contributed by atoms with E-state index < -0.39 is 38.7 Å². The summed E-state index contributed by atoms with van der Waals surface area (Å²) in [6.45, 7) is 0. The van der Waals surface area contributed by atoms with Crippen molar-refractivity contribution in [3.05, 3.63) is 93.2 Å². The number of halogens is 3. The average molecular weight is 537 g/mol. The van der Waals surface area contributed by atoms with Gasteiger partial charge in [-0.25, -0.2) is 12.8 Å². The Bertz CT molecular complexity index is 1410. The number of methoxy groups -OCH3 is 1. The Morgan fingerprint density at radius 3 is 2.40 bits per heavy atom. The van der Waals surface area contributed by atoms with Gasteiger partial charge < -0.3 is 15.2 Å². The van der Waals surface area contributed by atoms with Gasteiger partial charge in [0.1, 0.15) is 6.07 Å². The van der Waals surface area contributed by atoms with E-state index in [4.69, 9.17) is 33.2 Å². The van der Waals surface area contributed by atoms with Crippen LogP contribution >= 0.6 is 23.2 Å². The molecule has 3 aromatic carbocycles. The summed E-state index contributed by atoms with van der Waals surface area (Å²) in [6, 6.07) is 15.1. The molecule has 0 saturated heterocycles. The highest BCUT2D eigenvalue weighted by Crippen LogP contribution is 2.31. The second-order valence-electron chi connectivity index (χ2n) is 7.63. The molecule has 0 heterocycles. The van der Waals surface area contributed by atoms with Crippen molar-refractivity contribution >= 4 is 44.6 Å². The van der Waals surface area contributed by atoms with Crippen LogP contribution in [-0.4, -0.2) is 32.3 Å². The molecule has 0 aliphatic carbocycles. The number of carbonyl (C=O) groups excluding carboxylic acids is 1. The fourth-order valence-electron chi connectivity index (χ4n) is 3.33. The summed E-state index contributed by atoms with van der Waals surface area (Å²) in [6.07, 6.45) is 0. The standard InChI is InChI=1S/C24H19Cl2FN2O5S/c1-34-22-9-5-17(10-21(22)27)24(31,14-35(32,33)13-15-2-6-18(25)7-3-15)23(30)29-19-8-4-16(12-28)20(26)11-19/h2-11,31H,13-14H2,1H3,(H,29,30). The van der Waals surface area contributed by atoms with Crippen LogP contribution < -0.4 is 10.1 Å². The summed E-state index contributed by atoms with van der Waals surface area (Å²) in [5.41, 5.74) is -2.34. The maximum Gasteiger partial charge on any atom is 0.262 e. The van der Waals surface area contributed by atoms with Gasteiger partial charge in [0.25, 0.3) is 5.91 Å². The van der Waals surface area contributed by atoms with Crippen LogP contribution in [0.25, 0.3) is 0 Å². The van der Waals surface area contributed by atoms with E-state index in [-0.39, 0.29) is 27.6 Å². The van der Waals surface area contributed by atoms with E-state index in [2.05, 4.69) is 5.32 Å². The molecule has 0 radical (unpaired) electrons. The monoisotopic (exact) mass is 536 g/mol. The molecule has 1 atom stereocenters. The van der Waals surface area contributed by atoms with Gasteiger partial charge in [-0.2, -0.15) is 5.26 Å². The van der Waals surface area contributed by atoms with Gasteiger partial charge in [0.05, 0.1) is 29.2 Å². The number of aliphatic hydroxyl groups is 1. The first-order valence-electron chi connectivity index (χ1n) is 10.00. The quantitative estimate of drug-likeness (QED) is 0.439. The van der Waals surface area contributed by atoms with Crippen molar-refractivity contribution in [1.82, 2.24) is 0 Å². The van der Waals surface area contributed by atoms with Crippen molar-refractivity contribution < 1.29 is 27.4 Å². The predicted octanol–water partition coefficient (Wildman–Crippen LogP) is 4.45. The molecule has 0 spiro atoms. The van der Waals surface area contributed by atoms with Crippen molar-refractivity contribution in [3.63, 3.8) is 0 Å². The SMILES string of the molecule is COc1ccc(C(O)(CS(=O)(=O)Cc2ccc(Cl)cc2)C(=O)Nc2ccc(C#N)c(Cl)c2)cc1F. The minimum absolute atomic E-state index is 0.0414. The average Bonchev–Trinajstić information content (AvgIpc) is 2.80. The third-order valence-electron chi connectivity index (χ3n) is 5.08. The molecule has 1 unspecified atom stereocenters. The van der Waals surface area contributed by atoms with Crippen LogP contribution in [0.2, 0.25) is 10.0 Å². The van der Waals surface area contributed by atoms with Crippen LogP contribution in [0.3, 0.4) is 0 Å². The molecule has 11 heteroatoms. The van der Waals surface area contributed by atoms with E-state index in [0.29, 0.717) is 10.6 Å². The van der Waals surface area contributed by atoms with E-state index in [1.807, 2.05) is 6.07 Å². The van der Waals surface area contributed by atoms with Crippen LogP contribution in [0.5, 0.6) is 5.75 Å². The zero-order valence-corrected chi connectivity index (χ0v) is 20.6. The molecule has 0 fully saturated rings. The number of hydrogen-bond donors (Lipinski definition) is 2. The summed E-state index contributed by atoms with van der Waals surface area (Å²) in [5.74, 6) is -3.74. The van der Waals surface area contributed by atoms with E-state index in [1.54, 1.807) is 0 Å². The van der Waals surface area contributed by atoms with Crippen LogP contribution in [0.1, 0.15) is 16.7 Å². The van der Waals surface area contributed by atoms with Gasteiger partial charge in [-0.1, -0.05) is 41.4 Å². The van der Waals surface area contributed by atoms with Crippen LogP contribution in [0, 0.1) is 17.1 Å². The van der Waals surface area contributed by atoms with Crippen molar-refractivity contribution in [3.8, 4) is 11.8 Å². The molecule has 7 nitrogen and oxygen atoms in total. The van der Waals surface area contributed by atoms with Gasteiger partial charge in [-0.3, -0.25) is 4.79 Å². The van der Waals surface area contributed by atoms with Crippen molar-refractivity contribution in [1.29, 1.82) is 5.26 Å². The Labute approximate surface area is 211 Å². The zero-order valence-electron chi connectivity index (χ0n) is 18.3. The summed E-state index contributed by atoms with van der Waals surface area (Å²) in [4.78, 5) is 13.2. The topological polar surface area (TPSA) is 116 Å². The Kier molecular flexibility index (Phi) is 8.03. The number of carbonyl (C=O) groups is 1. The molecule has 0 saturated carbocycles. The molecule has 0 bridgehead atoms. The summed E-state index contributed by atoms with van der Waals surface area (Å²) in [7, 11) is -2.88. The number of sulfone groups is 1. The van der Waals surface area contributed by atoms with E-state index >= 15 is 0 Å². The summed E-state index contributed by atoms with van der Waals surface area (Å²) < 4.78 is 45.4. The zero-order chi connectivity index (χ0) is 25.8. The molecular weight excluding hydrogens is 518 g/mol. The second kappa shape index (κ2) is 10.6. The van der Waals surface area contributed by atoms with Gasteiger partial charge in [0.15, 0.2) is 27.0 Å². The molecule has 3 aromatic rings. The molecule has 35 heavy (non-hydrogen) atoms. The summed E-state index contributed by atoms with van der Waals surface area (Å²) >= 11 is 11.8. The number of nitrogens with zero attached hydrogens (tertiary/aromatic N) is 1. The Morgan fingerprint density at radius 2 is 1.83 bits per heavy atom. The predicted molar refractivity (Wildman–Crippen MR) is 131 cm³/mol. The number of amides is 1. The highest BCUT2D eigenvalue weighted by molar-refractivity contribution is 7.90. The first-order valence-corrected chi connectivity index (χ1v) is 12.6. The number of nitrogens with one attached hydrogen (secondary N) is 1. The number of hydrogen-bond acceptors (Lipinski definition) is 6. The summed E-state index contributed by atoms with van der Waals surface area (Å²) in [5, 5.41) is 23.3. The lowest BCUT2D eigenvalue weighted by molar-refractivity contribution is -0.132. The lowest BCUT2D eigenvalue weighted by Gasteiger charge is -2.28. The third-order valence-corrected chi connectivity index (χ3v) is 7.28. The number of nitriles is 1. The first kappa shape index (κ1) is 26.4. The number of rotatable bonds is 8. The fourth-order valence-corrected chi connectivity index (χ4v) is 5.41. The lowest BCUT2D eigenvalue weighted by Crippen LogP contribution is -2.46. The Hall–Kier alpha value is -3.16. The first-order chi connectivity index (χ1) is 16.5. The third kappa shape index (κ3) is 6.29. The molecule has 0 aromatic heterocycles.